The molecule has 0 unspecified atom stereocenters. The molecule has 0 aliphatic heterocycles. The number of hydrogen-bond donors (Lipinski definition) is 1. The summed E-state index contributed by atoms with van der Waals surface area (Å²) >= 11 is 0. The van der Waals surface area contributed by atoms with Gasteiger partial charge in [0.2, 0.25) is 0 Å². The van der Waals surface area contributed by atoms with Gasteiger partial charge >= 0.3 is 5.97 Å². The van der Waals surface area contributed by atoms with Crippen molar-refractivity contribution in [3.05, 3.63) is 47.3 Å². The van der Waals surface area contributed by atoms with Crippen LogP contribution >= 0.6 is 0 Å². The van der Waals surface area contributed by atoms with Gasteiger partial charge in [-0.2, -0.15) is 0 Å². The van der Waals surface area contributed by atoms with Gasteiger partial charge in [0, 0.05) is 11.3 Å². The highest BCUT2D eigenvalue weighted by Crippen LogP contribution is 2.26. The Morgan fingerprint density at radius 1 is 1.16 bits per heavy atom. The number of hydrogen-bond acceptors (Lipinski definition) is 3. The fourth-order valence-corrected chi connectivity index (χ4v) is 2.00. The summed E-state index contributed by atoms with van der Waals surface area (Å²) in [4.78, 5) is 15.5. The summed E-state index contributed by atoms with van der Waals surface area (Å²) in [6.45, 7) is 3.58. The van der Waals surface area contributed by atoms with Crippen molar-refractivity contribution in [3.63, 3.8) is 0 Å². The lowest BCUT2D eigenvalue weighted by molar-refractivity contribution is 0.0695. The van der Waals surface area contributed by atoms with Crippen molar-refractivity contribution in [2.75, 3.05) is 7.11 Å². The summed E-state index contributed by atoms with van der Waals surface area (Å²) in [6.07, 6.45) is 0. The van der Waals surface area contributed by atoms with E-state index < -0.39 is 5.97 Å². The smallest absolute Gasteiger partial charge is 0.337 e. The second-order valence-corrected chi connectivity index (χ2v) is 4.29. The zero-order valence-electron chi connectivity index (χ0n) is 11.1. The average Bonchev–Trinajstić information content (AvgIpc) is 2.38. The Morgan fingerprint density at radius 2 is 1.79 bits per heavy atom. The van der Waals surface area contributed by atoms with E-state index in [9.17, 15) is 4.79 Å². The molecule has 0 saturated carbocycles. The normalized spacial score (nSPS) is 10.3. The van der Waals surface area contributed by atoms with Gasteiger partial charge in [-0.15, -0.1) is 0 Å². The first-order valence-corrected chi connectivity index (χ1v) is 5.89. The Bertz CT molecular complexity index is 618. The van der Waals surface area contributed by atoms with Gasteiger partial charge in [0.15, 0.2) is 0 Å². The Morgan fingerprint density at radius 3 is 2.32 bits per heavy atom. The minimum absolute atomic E-state index is 0.233. The average molecular weight is 257 g/mol. The number of aromatic nitrogens is 1. The van der Waals surface area contributed by atoms with Crippen LogP contribution in [-0.2, 0) is 0 Å². The quantitative estimate of drug-likeness (QED) is 0.918. The number of benzene rings is 1. The fourth-order valence-electron chi connectivity index (χ4n) is 2.00. The van der Waals surface area contributed by atoms with E-state index in [0.29, 0.717) is 5.69 Å². The third kappa shape index (κ3) is 2.57. The largest absolute Gasteiger partial charge is 0.497 e. The maximum Gasteiger partial charge on any atom is 0.337 e. The Kier molecular flexibility index (Phi) is 3.51. The molecule has 0 saturated heterocycles. The highest BCUT2D eigenvalue weighted by atomic mass is 16.5. The lowest BCUT2D eigenvalue weighted by atomic mass is 10.0. The lowest BCUT2D eigenvalue weighted by Gasteiger charge is -2.10. The van der Waals surface area contributed by atoms with Gasteiger partial charge in [-0.3, -0.25) is 4.98 Å². The molecule has 1 heterocycles. The van der Waals surface area contributed by atoms with Gasteiger partial charge in [0.05, 0.1) is 18.4 Å². The van der Waals surface area contributed by atoms with Crippen LogP contribution in [0.4, 0.5) is 0 Å². The second-order valence-electron chi connectivity index (χ2n) is 4.29. The minimum Gasteiger partial charge on any atom is -0.497 e. The summed E-state index contributed by atoms with van der Waals surface area (Å²) < 4.78 is 5.11. The fraction of sp³-hybridized carbons (Fsp3) is 0.200. The van der Waals surface area contributed by atoms with E-state index >= 15 is 0 Å². The number of nitrogens with zero attached hydrogens (tertiary/aromatic N) is 1. The van der Waals surface area contributed by atoms with Gasteiger partial charge in [-0.05, 0) is 37.6 Å². The molecular formula is C15H15NO3. The summed E-state index contributed by atoms with van der Waals surface area (Å²) in [7, 11) is 1.61. The molecule has 2 aromatic rings. The van der Waals surface area contributed by atoms with E-state index in [1.807, 2.05) is 31.2 Å². The zero-order chi connectivity index (χ0) is 14.0. The minimum atomic E-state index is -0.959. The molecule has 0 aliphatic rings. The van der Waals surface area contributed by atoms with E-state index in [1.54, 1.807) is 20.1 Å². The van der Waals surface area contributed by atoms with E-state index in [-0.39, 0.29) is 5.56 Å². The van der Waals surface area contributed by atoms with Crippen molar-refractivity contribution < 1.29 is 14.6 Å². The number of carboxylic acids is 1. The molecule has 0 atom stereocenters. The number of aryl methyl sites for hydroxylation is 2. The molecule has 0 spiro atoms. The molecule has 0 aliphatic carbocycles. The van der Waals surface area contributed by atoms with E-state index in [1.165, 1.54) is 0 Å². The van der Waals surface area contributed by atoms with Crippen LogP contribution in [0.25, 0.3) is 11.1 Å². The molecule has 2 rings (SSSR count). The predicted molar refractivity (Wildman–Crippen MR) is 72.7 cm³/mol. The van der Waals surface area contributed by atoms with Crippen molar-refractivity contribution in [1.82, 2.24) is 4.98 Å². The maximum absolute atomic E-state index is 11.2. The molecule has 0 amide bonds. The van der Waals surface area contributed by atoms with Crippen LogP contribution < -0.4 is 4.74 Å². The van der Waals surface area contributed by atoms with Crippen LogP contribution in [0.15, 0.2) is 30.3 Å². The van der Waals surface area contributed by atoms with Gasteiger partial charge in [0.1, 0.15) is 5.75 Å². The van der Waals surface area contributed by atoms with E-state index in [4.69, 9.17) is 9.84 Å². The van der Waals surface area contributed by atoms with Crippen molar-refractivity contribution in [2.45, 2.75) is 13.8 Å². The SMILES string of the molecule is COc1ccc(-c2cc(C(=O)O)c(C)nc2C)cc1. The van der Waals surface area contributed by atoms with Crippen molar-refractivity contribution in [1.29, 1.82) is 0 Å². The Balaban J connectivity index is 2.54. The van der Waals surface area contributed by atoms with E-state index in [2.05, 4.69) is 4.98 Å². The lowest BCUT2D eigenvalue weighted by Crippen LogP contribution is -2.04. The highest BCUT2D eigenvalue weighted by Gasteiger charge is 2.13. The number of ether oxygens (including phenoxy) is 1. The number of carbonyl (C=O) groups is 1. The van der Waals surface area contributed by atoms with Gasteiger partial charge in [0.25, 0.3) is 0 Å². The molecule has 1 N–H and O–H groups in total. The van der Waals surface area contributed by atoms with Crippen molar-refractivity contribution in [2.24, 2.45) is 0 Å². The Hall–Kier alpha value is -2.36. The number of rotatable bonds is 3. The first-order chi connectivity index (χ1) is 9.02. The van der Waals surface area contributed by atoms with Crippen LogP contribution in [0.2, 0.25) is 0 Å². The summed E-state index contributed by atoms with van der Waals surface area (Å²) in [5.41, 5.74) is 3.32. The number of aromatic carboxylic acids is 1. The van der Waals surface area contributed by atoms with Crippen molar-refractivity contribution in [3.8, 4) is 16.9 Å². The van der Waals surface area contributed by atoms with Gasteiger partial charge < -0.3 is 9.84 Å². The van der Waals surface area contributed by atoms with E-state index in [0.717, 1.165) is 22.6 Å². The monoisotopic (exact) mass is 257 g/mol. The molecule has 19 heavy (non-hydrogen) atoms. The standard InChI is InChI=1S/C15H15NO3/c1-9-13(8-14(15(17)18)10(2)16-9)11-4-6-12(19-3)7-5-11/h4-8H,1-3H3,(H,17,18). The molecule has 98 valence electrons. The summed E-state index contributed by atoms with van der Waals surface area (Å²) in [6, 6.07) is 9.14. The molecule has 1 aromatic carbocycles. The number of carboxylic acid groups (broad SMARTS) is 1. The zero-order valence-corrected chi connectivity index (χ0v) is 11.1. The number of pyridine rings is 1. The third-order valence-corrected chi connectivity index (χ3v) is 3.04. The van der Waals surface area contributed by atoms with Crippen LogP contribution in [0.5, 0.6) is 5.75 Å². The second kappa shape index (κ2) is 5.10. The molecule has 1 aromatic heterocycles. The van der Waals surface area contributed by atoms with Crippen LogP contribution in [0.1, 0.15) is 21.7 Å². The summed E-state index contributed by atoms with van der Waals surface area (Å²) in [5, 5.41) is 9.15. The van der Waals surface area contributed by atoms with Crippen molar-refractivity contribution >= 4 is 5.97 Å². The highest BCUT2D eigenvalue weighted by molar-refractivity contribution is 5.90. The molecule has 4 nitrogen and oxygen atoms in total. The third-order valence-electron chi connectivity index (χ3n) is 3.04. The van der Waals surface area contributed by atoms with Gasteiger partial charge in [-0.1, -0.05) is 12.1 Å². The molecule has 0 bridgehead atoms. The maximum atomic E-state index is 11.2. The van der Waals surface area contributed by atoms with Crippen LogP contribution in [-0.4, -0.2) is 23.2 Å². The predicted octanol–water partition coefficient (Wildman–Crippen LogP) is 3.07. The molecular weight excluding hydrogens is 242 g/mol. The summed E-state index contributed by atoms with van der Waals surface area (Å²) in [5.74, 6) is -0.195. The van der Waals surface area contributed by atoms with Crippen LogP contribution in [0, 0.1) is 13.8 Å². The molecule has 4 heteroatoms. The van der Waals surface area contributed by atoms with Gasteiger partial charge in [-0.25, -0.2) is 4.79 Å². The first-order valence-electron chi connectivity index (χ1n) is 5.89. The topological polar surface area (TPSA) is 59.4 Å². The molecule has 0 fully saturated rings. The Labute approximate surface area is 111 Å². The number of methoxy groups -OCH3 is 1. The molecule has 0 radical (unpaired) electrons. The first kappa shape index (κ1) is 13.1. The van der Waals surface area contributed by atoms with Crippen LogP contribution in [0.3, 0.4) is 0 Å².